The van der Waals surface area contributed by atoms with Crippen molar-refractivity contribution in [2.75, 3.05) is 25.0 Å². The second-order valence-corrected chi connectivity index (χ2v) is 8.56. The lowest BCUT2D eigenvalue weighted by Gasteiger charge is -2.36. The SMILES string of the molecule is CC(c1ccc(-c2ccc3c(c2)NCCC3)cc1)C1CCN(C(C)C=O)CC1. The molecule has 0 amide bonds. The Bertz CT molecular complexity index is 806. The molecule has 2 aliphatic rings. The third kappa shape index (κ3) is 4.00. The van der Waals surface area contributed by atoms with Crippen LogP contribution < -0.4 is 5.32 Å². The van der Waals surface area contributed by atoms with Crippen LogP contribution in [-0.2, 0) is 11.2 Å². The molecule has 0 radical (unpaired) electrons. The van der Waals surface area contributed by atoms with E-state index in [2.05, 4.69) is 59.6 Å². The van der Waals surface area contributed by atoms with Crippen LogP contribution in [0.25, 0.3) is 11.1 Å². The van der Waals surface area contributed by atoms with Gasteiger partial charge in [0, 0.05) is 12.2 Å². The van der Waals surface area contributed by atoms with E-state index in [1.54, 1.807) is 0 Å². The first-order chi connectivity index (χ1) is 13.7. The number of hydrogen-bond acceptors (Lipinski definition) is 3. The van der Waals surface area contributed by atoms with E-state index in [4.69, 9.17) is 0 Å². The fourth-order valence-electron chi connectivity index (χ4n) is 4.80. The largest absolute Gasteiger partial charge is 0.385 e. The predicted octanol–water partition coefficient (Wildman–Crippen LogP) is 5.11. The van der Waals surface area contributed by atoms with Gasteiger partial charge >= 0.3 is 0 Å². The van der Waals surface area contributed by atoms with E-state index >= 15 is 0 Å². The highest BCUT2D eigenvalue weighted by Crippen LogP contribution is 2.34. The Hall–Kier alpha value is -2.13. The van der Waals surface area contributed by atoms with Gasteiger partial charge in [0.25, 0.3) is 0 Å². The van der Waals surface area contributed by atoms with Crippen molar-refractivity contribution in [1.29, 1.82) is 0 Å². The molecule has 0 bridgehead atoms. The maximum atomic E-state index is 11.0. The standard InChI is InChI=1S/C25H32N2O/c1-18(17-28)27-14-11-21(12-15-27)19(2)20-5-7-22(8-6-20)24-10-9-23-4-3-13-26-25(23)16-24/h5-10,16-19,21,26H,3-4,11-15H2,1-2H3. The number of carbonyl (C=O) groups is 1. The summed E-state index contributed by atoms with van der Waals surface area (Å²) in [6, 6.07) is 16.1. The molecule has 0 aromatic heterocycles. The third-order valence-electron chi connectivity index (χ3n) is 6.87. The lowest BCUT2D eigenvalue weighted by atomic mass is 9.80. The van der Waals surface area contributed by atoms with Crippen LogP contribution in [0.1, 0.15) is 50.2 Å². The van der Waals surface area contributed by atoms with Gasteiger partial charge < -0.3 is 10.1 Å². The summed E-state index contributed by atoms with van der Waals surface area (Å²) in [4.78, 5) is 13.3. The van der Waals surface area contributed by atoms with E-state index in [9.17, 15) is 4.79 Å². The molecule has 28 heavy (non-hydrogen) atoms. The molecule has 2 aliphatic heterocycles. The molecule has 2 aromatic rings. The highest BCUT2D eigenvalue weighted by Gasteiger charge is 2.26. The van der Waals surface area contributed by atoms with Crippen molar-refractivity contribution in [2.24, 2.45) is 5.92 Å². The number of anilines is 1. The van der Waals surface area contributed by atoms with Crippen LogP contribution in [0.5, 0.6) is 0 Å². The Morgan fingerprint density at radius 3 is 2.46 bits per heavy atom. The lowest BCUT2D eigenvalue weighted by molar-refractivity contribution is -0.112. The first-order valence-electron chi connectivity index (χ1n) is 10.8. The van der Waals surface area contributed by atoms with Crippen molar-refractivity contribution in [2.45, 2.75) is 51.5 Å². The Morgan fingerprint density at radius 2 is 1.75 bits per heavy atom. The van der Waals surface area contributed by atoms with E-state index < -0.39 is 0 Å². The molecule has 3 nitrogen and oxygen atoms in total. The quantitative estimate of drug-likeness (QED) is 0.736. The minimum Gasteiger partial charge on any atom is -0.385 e. The first kappa shape index (κ1) is 19.2. The Balaban J connectivity index is 1.42. The third-order valence-corrected chi connectivity index (χ3v) is 6.87. The minimum absolute atomic E-state index is 0.0571. The summed E-state index contributed by atoms with van der Waals surface area (Å²) in [6.45, 7) is 7.52. The van der Waals surface area contributed by atoms with Gasteiger partial charge in [0.15, 0.2) is 0 Å². The predicted molar refractivity (Wildman–Crippen MR) is 117 cm³/mol. The van der Waals surface area contributed by atoms with Crippen LogP contribution >= 0.6 is 0 Å². The van der Waals surface area contributed by atoms with Crippen molar-refractivity contribution >= 4 is 12.0 Å². The second-order valence-electron chi connectivity index (χ2n) is 8.56. The van der Waals surface area contributed by atoms with Crippen LogP contribution in [0.3, 0.4) is 0 Å². The van der Waals surface area contributed by atoms with Gasteiger partial charge in [-0.1, -0.05) is 43.3 Å². The van der Waals surface area contributed by atoms with Gasteiger partial charge in [-0.15, -0.1) is 0 Å². The zero-order valence-corrected chi connectivity index (χ0v) is 17.2. The number of aldehydes is 1. The van der Waals surface area contributed by atoms with E-state index in [1.165, 1.54) is 53.6 Å². The molecule has 0 saturated carbocycles. The molecule has 0 aliphatic carbocycles. The van der Waals surface area contributed by atoms with Gasteiger partial charge in [-0.2, -0.15) is 0 Å². The number of piperidine rings is 1. The van der Waals surface area contributed by atoms with Gasteiger partial charge in [0.2, 0.25) is 0 Å². The van der Waals surface area contributed by atoms with Crippen LogP contribution in [-0.4, -0.2) is 36.9 Å². The summed E-state index contributed by atoms with van der Waals surface area (Å²) in [6.07, 6.45) is 5.84. The number of carbonyl (C=O) groups excluding carboxylic acids is 1. The Morgan fingerprint density at radius 1 is 1.04 bits per heavy atom. The lowest BCUT2D eigenvalue weighted by Crippen LogP contribution is -2.41. The number of aryl methyl sites for hydroxylation is 1. The second kappa shape index (κ2) is 8.48. The maximum absolute atomic E-state index is 11.0. The van der Waals surface area contributed by atoms with Crippen LogP contribution in [0, 0.1) is 5.92 Å². The van der Waals surface area contributed by atoms with Crippen molar-refractivity contribution in [3.05, 3.63) is 53.6 Å². The van der Waals surface area contributed by atoms with E-state index in [-0.39, 0.29) is 6.04 Å². The molecule has 1 N–H and O–H groups in total. The van der Waals surface area contributed by atoms with Crippen LogP contribution in [0.4, 0.5) is 5.69 Å². The van der Waals surface area contributed by atoms with Gasteiger partial charge in [-0.25, -0.2) is 0 Å². The molecule has 1 saturated heterocycles. The van der Waals surface area contributed by atoms with Gasteiger partial charge in [0.05, 0.1) is 6.04 Å². The molecule has 3 heteroatoms. The monoisotopic (exact) mass is 376 g/mol. The van der Waals surface area contributed by atoms with Crippen molar-refractivity contribution in [3.8, 4) is 11.1 Å². The fraction of sp³-hybridized carbons (Fsp3) is 0.480. The Kier molecular flexibility index (Phi) is 5.82. The topological polar surface area (TPSA) is 32.3 Å². The summed E-state index contributed by atoms with van der Waals surface area (Å²) in [5, 5.41) is 3.54. The van der Waals surface area contributed by atoms with E-state index in [1.807, 2.05) is 6.92 Å². The molecule has 0 spiro atoms. The maximum Gasteiger partial charge on any atom is 0.136 e. The molecule has 2 aromatic carbocycles. The Labute approximate surface area is 169 Å². The highest BCUT2D eigenvalue weighted by molar-refractivity contribution is 5.70. The summed E-state index contributed by atoms with van der Waals surface area (Å²) >= 11 is 0. The van der Waals surface area contributed by atoms with Gasteiger partial charge in [-0.3, -0.25) is 4.90 Å². The fourth-order valence-corrected chi connectivity index (χ4v) is 4.80. The number of hydrogen-bond donors (Lipinski definition) is 1. The number of nitrogens with one attached hydrogen (secondary N) is 1. The average molecular weight is 377 g/mol. The summed E-state index contributed by atoms with van der Waals surface area (Å²) in [5.74, 6) is 1.27. The van der Waals surface area contributed by atoms with E-state index in [0.29, 0.717) is 11.8 Å². The van der Waals surface area contributed by atoms with Crippen LogP contribution in [0.2, 0.25) is 0 Å². The molecule has 2 unspecified atom stereocenters. The van der Waals surface area contributed by atoms with Crippen LogP contribution in [0.15, 0.2) is 42.5 Å². The first-order valence-corrected chi connectivity index (χ1v) is 10.8. The van der Waals surface area contributed by atoms with Gasteiger partial charge in [-0.05, 0) is 85.9 Å². The minimum atomic E-state index is 0.0571. The molecular formula is C25H32N2O. The molecule has 4 rings (SSSR count). The number of nitrogens with zero attached hydrogens (tertiary/aromatic N) is 1. The molecular weight excluding hydrogens is 344 g/mol. The average Bonchev–Trinajstić information content (AvgIpc) is 2.78. The molecule has 2 heterocycles. The summed E-state index contributed by atoms with van der Waals surface area (Å²) < 4.78 is 0. The number of likely N-dealkylation sites (tertiary alicyclic amines) is 1. The highest BCUT2D eigenvalue weighted by atomic mass is 16.1. The summed E-state index contributed by atoms with van der Waals surface area (Å²) in [7, 11) is 0. The van der Waals surface area contributed by atoms with Crippen molar-refractivity contribution in [1.82, 2.24) is 4.90 Å². The zero-order chi connectivity index (χ0) is 19.5. The molecule has 148 valence electrons. The normalized spacial score (nSPS) is 20.1. The van der Waals surface area contributed by atoms with E-state index in [0.717, 1.165) is 25.9 Å². The number of rotatable bonds is 5. The van der Waals surface area contributed by atoms with Crippen molar-refractivity contribution in [3.63, 3.8) is 0 Å². The smallest absolute Gasteiger partial charge is 0.136 e. The molecule has 1 fully saturated rings. The zero-order valence-electron chi connectivity index (χ0n) is 17.2. The number of fused-ring (bicyclic) bond motifs is 1. The van der Waals surface area contributed by atoms with Gasteiger partial charge in [0.1, 0.15) is 6.29 Å². The molecule has 2 atom stereocenters. The van der Waals surface area contributed by atoms with Crippen molar-refractivity contribution < 1.29 is 4.79 Å². The number of benzene rings is 2. The summed E-state index contributed by atoms with van der Waals surface area (Å²) in [5.41, 5.74) is 6.76.